The van der Waals surface area contributed by atoms with Gasteiger partial charge in [-0.25, -0.2) is 14.2 Å². The van der Waals surface area contributed by atoms with Crippen LogP contribution in [0.25, 0.3) is 11.1 Å². The molecule has 0 aliphatic rings. The Morgan fingerprint density at radius 1 is 1.38 bits per heavy atom. The van der Waals surface area contributed by atoms with Crippen molar-refractivity contribution in [3.05, 3.63) is 47.8 Å². The summed E-state index contributed by atoms with van der Waals surface area (Å²) in [6, 6.07) is 10.4. The standard InChI is InChI=1S/C14H10N4O2S/c15-7-12-9(2-1-5-17-12)8-21(19)14-18-11-4-3-10(16)6-13(11)20-14/h1-6H,8,16H2. The summed E-state index contributed by atoms with van der Waals surface area (Å²) in [4.78, 5) is 8.11. The third kappa shape index (κ3) is 2.61. The van der Waals surface area contributed by atoms with Gasteiger partial charge in [-0.05, 0) is 18.2 Å². The number of hydrogen-bond donors (Lipinski definition) is 1. The number of anilines is 1. The molecular weight excluding hydrogens is 288 g/mol. The number of benzene rings is 1. The van der Waals surface area contributed by atoms with Crippen LogP contribution in [0.3, 0.4) is 0 Å². The average Bonchev–Trinajstić information content (AvgIpc) is 2.91. The van der Waals surface area contributed by atoms with Crippen molar-refractivity contribution in [1.82, 2.24) is 9.97 Å². The zero-order chi connectivity index (χ0) is 14.8. The van der Waals surface area contributed by atoms with Crippen LogP contribution in [0, 0.1) is 11.3 Å². The number of nitrogen functional groups attached to an aromatic ring is 1. The van der Waals surface area contributed by atoms with Gasteiger partial charge in [-0.15, -0.1) is 0 Å². The van der Waals surface area contributed by atoms with Crippen molar-refractivity contribution in [3.63, 3.8) is 0 Å². The first kappa shape index (κ1) is 13.3. The number of nitrogens with two attached hydrogens (primary N) is 1. The summed E-state index contributed by atoms with van der Waals surface area (Å²) < 4.78 is 17.8. The molecule has 0 aliphatic heterocycles. The van der Waals surface area contributed by atoms with Crippen LogP contribution >= 0.6 is 0 Å². The monoisotopic (exact) mass is 298 g/mol. The van der Waals surface area contributed by atoms with E-state index >= 15 is 0 Å². The van der Waals surface area contributed by atoms with Crippen molar-refractivity contribution < 1.29 is 8.63 Å². The molecule has 0 saturated heterocycles. The quantitative estimate of drug-likeness (QED) is 0.741. The molecule has 2 N–H and O–H groups in total. The lowest BCUT2D eigenvalue weighted by Gasteiger charge is -2.00. The molecule has 0 radical (unpaired) electrons. The summed E-state index contributed by atoms with van der Waals surface area (Å²) in [5, 5.41) is 9.10. The number of nitrogens with zero attached hydrogens (tertiary/aromatic N) is 3. The molecule has 0 bridgehead atoms. The molecule has 7 heteroatoms. The number of rotatable bonds is 3. The topological polar surface area (TPSA) is 106 Å². The second kappa shape index (κ2) is 5.34. The number of aromatic nitrogens is 2. The van der Waals surface area contributed by atoms with E-state index in [1.807, 2.05) is 6.07 Å². The fourth-order valence-electron chi connectivity index (χ4n) is 1.88. The molecule has 2 aromatic heterocycles. The minimum atomic E-state index is -1.50. The summed E-state index contributed by atoms with van der Waals surface area (Å²) in [5.74, 6) is 0.124. The van der Waals surface area contributed by atoms with Gasteiger partial charge >= 0.3 is 0 Å². The van der Waals surface area contributed by atoms with E-state index in [0.717, 1.165) is 0 Å². The molecular formula is C14H10N4O2S. The largest absolute Gasteiger partial charge is 0.430 e. The summed E-state index contributed by atoms with van der Waals surface area (Å²) in [6.45, 7) is 0. The van der Waals surface area contributed by atoms with Crippen molar-refractivity contribution in [2.45, 2.75) is 11.0 Å². The molecule has 21 heavy (non-hydrogen) atoms. The van der Waals surface area contributed by atoms with Crippen molar-refractivity contribution in [2.75, 3.05) is 5.73 Å². The maximum Gasteiger partial charge on any atom is 0.288 e. The van der Waals surface area contributed by atoms with E-state index in [1.54, 1.807) is 30.3 Å². The molecule has 104 valence electrons. The maximum absolute atomic E-state index is 12.3. The van der Waals surface area contributed by atoms with Gasteiger partial charge in [0, 0.05) is 23.5 Å². The first-order valence-corrected chi connectivity index (χ1v) is 7.37. The van der Waals surface area contributed by atoms with Crippen LogP contribution in [0.1, 0.15) is 11.3 Å². The Morgan fingerprint density at radius 2 is 2.24 bits per heavy atom. The van der Waals surface area contributed by atoms with Gasteiger partial charge in [0.2, 0.25) is 0 Å². The summed E-state index contributed by atoms with van der Waals surface area (Å²) in [6.07, 6.45) is 1.52. The van der Waals surface area contributed by atoms with Crippen molar-refractivity contribution in [1.29, 1.82) is 5.26 Å². The first-order chi connectivity index (χ1) is 10.2. The molecule has 3 aromatic rings. The third-order valence-electron chi connectivity index (χ3n) is 2.87. The lowest BCUT2D eigenvalue weighted by atomic mass is 10.2. The Balaban J connectivity index is 1.92. The molecule has 2 heterocycles. The fourth-order valence-corrected chi connectivity index (χ4v) is 2.90. The van der Waals surface area contributed by atoms with Crippen LogP contribution < -0.4 is 5.73 Å². The number of hydrogen-bond acceptors (Lipinski definition) is 6. The van der Waals surface area contributed by atoms with Crippen LogP contribution in [0.2, 0.25) is 0 Å². The van der Waals surface area contributed by atoms with Crippen LogP contribution in [0.15, 0.2) is 46.2 Å². The van der Waals surface area contributed by atoms with E-state index < -0.39 is 10.8 Å². The molecule has 6 nitrogen and oxygen atoms in total. The summed E-state index contributed by atoms with van der Waals surface area (Å²) in [5.41, 5.74) is 8.15. The normalized spacial score (nSPS) is 12.1. The highest BCUT2D eigenvalue weighted by Crippen LogP contribution is 2.21. The highest BCUT2D eigenvalue weighted by atomic mass is 32.2. The number of nitriles is 1. The predicted molar refractivity (Wildman–Crippen MR) is 77.5 cm³/mol. The van der Waals surface area contributed by atoms with E-state index in [4.69, 9.17) is 15.4 Å². The minimum absolute atomic E-state index is 0.114. The van der Waals surface area contributed by atoms with E-state index in [2.05, 4.69) is 9.97 Å². The molecule has 0 spiro atoms. The molecule has 0 amide bonds. The van der Waals surface area contributed by atoms with Crippen LogP contribution in [0.4, 0.5) is 5.69 Å². The third-order valence-corrected chi connectivity index (χ3v) is 4.01. The number of pyridine rings is 1. The summed E-state index contributed by atoms with van der Waals surface area (Å²) in [7, 11) is -1.50. The Bertz CT molecular complexity index is 882. The van der Waals surface area contributed by atoms with Crippen LogP contribution in [-0.4, -0.2) is 14.2 Å². The molecule has 3 rings (SSSR count). The minimum Gasteiger partial charge on any atom is -0.430 e. The van der Waals surface area contributed by atoms with Gasteiger partial charge in [0.15, 0.2) is 5.58 Å². The second-order valence-corrected chi connectivity index (χ2v) is 5.65. The lowest BCUT2D eigenvalue weighted by Crippen LogP contribution is -2.00. The second-order valence-electron chi connectivity index (χ2n) is 4.32. The first-order valence-electron chi connectivity index (χ1n) is 6.06. The van der Waals surface area contributed by atoms with Crippen molar-refractivity contribution in [2.24, 2.45) is 0 Å². The zero-order valence-corrected chi connectivity index (χ0v) is 11.6. The molecule has 1 atom stereocenters. The Morgan fingerprint density at radius 3 is 3.05 bits per heavy atom. The predicted octanol–water partition coefficient (Wildman–Crippen LogP) is 1.98. The van der Waals surface area contributed by atoms with Gasteiger partial charge in [-0.1, -0.05) is 6.07 Å². The van der Waals surface area contributed by atoms with E-state index in [-0.39, 0.29) is 16.7 Å². The Hall–Kier alpha value is -2.72. The van der Waals surface area contributed by atoms with Gasteiger partial charge < -0.3 is 10.2 Å². The highest BCUT2D eigenvalue weighted by molar-refractivity contribution is 7.84. The smallest absolute Gasteiger partial charge is 0.288 e. The maximum atomic E-state index is 12.3. The van der Waals surface area contributed by atoms with E-state index in [9.17, 15) is 4.21 Å². The Kier molecular flexibility index (Phi) is 3.38. The van der Waals surface area contributed by atoms with Gasteiger partial charge in [0.25, 0.3) is 5.22 Å². The van der Waals surface area contributed by atoms with Crippen LogP contribution in [0.5, 0.6) is 0 Å². The highest BCUT2D eigenvalue weighted by Gasteiger charge is 2.15. The van der Waals surface area contributed by atoms with Crippen molar-refractivity contribution >= 4 is 27.6 Å². The lowest BCUT2D eigenvalue weighted by molar-refractivity contribution is 0.477. The fraction of sp³-hybridized carbons (Fsp3) is 0.0714. The number of oxazole rings is 1. The van der Waals surface area contributed by atoms with Gasteiger partial charge in [0.05, 0.1) is 5.75 Å². The SMILES string of the molecule is N#Cc1ncccc1CS(=O)c1nc2ccc(N)cc2o1. The molecule has 0 saturated carbocycles. The van der Waals surface area contributed by atoms with E-state index in [0.29, 0.717) is 22.4 Å². The zero-order valence-electron chi connectivity index (χ0n) is 10.8. The average molecular weight is 298 g/mol. The summed E-state index contributed by atoms with van der Waals surface area (Å²) >= 11 is 0. The Labute approximate surface area is 122 Å². The van der Waals surface area contributed by atoms with Crippen LogP contribution in [-0.2, 0) is 16.6 Å². The van der Waals surface area contributed by atoms with E-state index in [1.165, 1.54) is 6.20 Å². The molecule has 0 fully saturated rings. The van der Waals surface area contributed by atoms with Gasteiger partial charge in [0.1, 0.15) is 28.1 Å². The number of fused-ring (bicyclic) bond motifs is 1. The molecule has 0 aliphatic carbocycles. The van der Waals surface area contributed by atoms with Gasteiger partial charge in [-0.2, -0.15) is 5.26 Å². The molecule has 1 unspecified atom stereocenters. The van der Waals surface area contributed by atoms with Crippen molar-refractivity contribution in [3.8, 4) is 6.07 Å². The van der Waals surface area contributed by atoms with Gasteiger partial charge in [-0.3, -0.25) is 0 Å². The molecule has 1 aromatic carbocycles.